The summed E-state index contributed by atoms with van der Waals surface area (Å²) in [5.41, 5.74) is 28.9. The maximum absolute atomic E-state index is 2.41. The Balaban J connectivity index is 1.24. The quantitative estimate of drug-likeness (QED) is 0.136. The molecule has 10 aromatic carbocycles. The molecule has 0 saturated carbocycles. The van der Waals surface area contributed by atoms with Crippen LogP contribution in [0.3, 0.4) is 0 Å². The Morgan fingerprint density at radius 1 is 0.121 bits per heavy atom. The summed E-state index contributed by atoms with van der Waals surface area (Å²) in [5, 5.41) is 0. The van der Waals surface area contributed by atoms with Gasteiger partial charge in [0.25, 0.3) is 0 Å². The summed E-state index contributed by atoms with van der Waals surface area (Å²) in [6, 6.07) is 82.2. The Bertz CT molecular complexity index is 2760. The van der Waals surface area contributed by atoms with Gasteiger partial charge in [0.1, 0.15) is 0 Å². The van der Waals surface area contributed by atoms with E-state index in [1.807, 2.05) is 0 Å². The van der Waals surface area contributed by atoms with Crippen molar-refractivity contribution in [3.05, 3.63) is 252 Å². The highest BCUT2D eigenvalue weighted by Crippen LogP contribution is 2.41. The van der Waals surface area contributed by atoms with Crippen molar-refractivity contribution in [3.63, 3.8) is 0 Å². The average molecular weight is 847 g/mol. The van der Waals surface area contributed by atoms with Crippen LogP contribution in [0.15, 0.2) is 218 Å². The number of rotatable bonds is 9. The van der Waals surface area contributed by atoms with Crippen LogP contribution in [0.4, 0.5) is 0 Å². The molecule has 0 saturated heterocycles. The highest BCUT2D eigenvalue weighted by atomic mass is 14.2. The Morgan fingerprint density at radius 2 is 0.212 bits per heavy atom. The van der Waals surface area contributed by atoms with Crippen LogP contribution in [-0.2, 0) is 0 Å². The van der Waals surface area contributed by atoms with Gasteiger partial charge in [0.2, 0.25) is 0 Å². The van der Waals surface area contributed by atoms with E-state index in [9.17, 15) is 0 Å². The third kappa shape index (κ3) is 9.23. The normalized spacial score (nSPS) is 11.2. The molecule has 66 heavy (non-hydrogen) atoms. The van der Waals surface area contributed by atoms with Crippen molar-refractivity contribution in [2.45, 2.75) is 41.5 Å². The summed E-state index contributed by atoms with van der Waals surface area (Å²) in [5.74, 6) is 0. The fourth-order valence-electron chi connectivity index (χ4n) is 8.99. The third-order valence-electron chi connectivity index (χ3n) is 13.0. The predicted molar refractivity (Wildman–Crippen MR) is 284 cm³/mol. The molecule has 0 heteroatoms. The maximum Gasteiger partial charge on any atom is -0.0171 e. The maximum atomic E-state index is 2.41. The second kappa shape index (κ2) is 18.0. The van der Waals surface area contributed by atoms with E-state index >= 15 is 0 Å². The summed E-state index contributed by atoms with van der Waals surface area (Å²) in [7, 11) is 0. The highest BCUT2D eigenvalue weighted by molar-refractivity contribution is 5.90. The molecule has 0 amide bonds. The Morgan fingerprint density at radius 3 is 0.318 bits per heavy atom. The minimum atomic E-state index is 1.17. The standard InChI is InChI=1S/C66H54/c1-43-7-19-49(20-8-43)55-31-56(50-21-9-44(2)10-22-50)35-61(34-55)64-40-65(62-36-57(51-23-11-45(3)12-24-51)32-58(37-62)52-25-13-46(4)14-26-52)42-66(41-64)63-38-59(53-27-15-47(5)16-28-53)33-60(39-63)54-29-17-48(6)18-30-54/h7-42H,1-6H3. The van der Waals surface area contributed by atoms with Gasteiger partial charge in [-0.25, -0.2) is 0 Å². The number of benzene rings is 10. The Labute approximate surface area is 391 Å². The largest absolute Gasteiger partial charge is 0.0587 e. The Hall–Kier alpha value is -7.80. The summed E-state index contributed by atoms with van der Waals surface area (Å²) in [6.07, 6.45) is 0. The van der Waals surface area contributed by atoms with Gasteiger partial charge in [0, 0.05) is 0 Å². The second-order valence-corrected chi connectivity index (χ2v) is 18.4. The first-order valence-electron chi connectivity index (χ1n) is 23.1. The number of aryl methyl sites for hydroxylation is 6. The van der Waals surface area contributed by atoms with Crippen LogP contribution < -0.4 is 0 Å². The van der Waals surface area contributed by atoms with Crippen molar-refractivity contribution in [3.8, 4) is 100 Å². The van der Waals surface area contributed by atoms with E-state index in [-0.39, 0.29) is 0 Å². The number of hydrogen-bond donors (Lipinski definition) is 0. The molecule has 0 heterocycles. The molecule has 10 aromatic rings. The van der Waals surface area contributed by atoms with Gasteiger partial charge in [-0.1, -0.05) is 179 Å². The lowest BCUT2D eigenvalue weighted by atomic mass is 9.87. The van der Waals surface area contributed by atoms with Crippen LogP contribution in [0.25, 0.3) is 100 Å². The van der Waals surface area contributed by atoms with Crippen molar-refractivity contribution < 1.29 is 0 Å². The smallest absolute Gasteiger partial charge is 0.0171 e. The van der Waals surface area contributed by atoms with Gasteiger partial charge in [-0.3, -0.25) is 0 Å². The van der Waals surface area contributed by atoms with Crippen LogP contribution in [-0.4, -0.2) is 0 Å². The van der Waals surface area contributed by atoms with Gasteiger partial charge in [0.15, 0.2) is 0 Å². The molecule has 10 rings (SSSR count). The van der Waals surface area contributed by atoms with Crippen molar-refractivity contribution in [1.29, 1.82) is 0 Å². The lowest BCUT2D eigenvalue weighted by Crippen LogP contribution is -1.92. The van der Waals surface area contributed by atoms with E-state index < -0.39 is 0 Å². The van der Waals surface area contributed by atoms with Crippen LogP contribution >= 0.6 is 0 Å². The zero-order chi connectivity index (χ0) is 45.3. The fraction of sp³-hybridized carbons (Fsp3) is 0.0909. The molecule has 0 spiro atoms. The van der Waals surface area contributed by atoms with Crippen molar-refractivity contribution in [1.82, 2.24) is 0 Å². The van der Waals surface area contributed by atoms with Crippen LogP contribution in [0.2, 0.25) is 0 Å². The summed E-state index contributed by atoms with van der Waals surface area (Å²) >= 11 is 0. The van der Waals surface area contributed by atoms with Crippen LogP contribution in [0.5, 0.6) is 0 Å². The van der Waals surface area contributed by atoms with E-state index in [1.165, 1.54) is 134 Å². The molecule has 0 aliphatic heterocycles. The molecule has 0 fully saturated rings. The SMILES string of the molecule is Cc1ccc(-c2cc(-c3ccc(C)cc3)cc(-c3cc(-c4cc(-c5ccc(C)cc5)cc(-c5ccc(C)cc5)c4)cc(-c4cc(-c5ccc(C)cc5)cc(-c5ccc(C)cc5)c4)c3)c2)cc1. The van der Waals surface area contributed by atoms with E-state index in [0.29, 0.717) is 0 Å². The lowest BCUT2D eigenvalue weighted by molar-refractivity contribution is 1.45. The van der Waals surface area contributed by atoms with Gasteiger partial charge in [-0.15, -0.1) is 0 Å². The van der Waals surface area contributed by atoms with Gasteiger partial charge in [-0.2, -0.15) is 0 Å². The zero-order valence-corrected chi connectivity index (χ0v) is 38.8. The zero-order valence-electron chi connectivity index (χ0n) is 38.8. The van der Waals surface area contributed by atoms with Gasteiger partial charge >= 0.3 is 0 Å². The predicted octanol–water partition coefficient (Wildman–Crippen LogP) is 18.5. The number of hydrogen-bond acceptors (Lipinski definition) is 0. The topological polar surface area (TPSA) is 0 Å². The first-order valence-corrected chi connectivity index (χ1v) is 23.1. The van der Waals surface area contributed by atoms with Gasteiger partial charge < -0.3 is 0 Å². The molecule has 0 radical (unpaired) electrons. The third-order valence-corrected chi connectivity index (χ3v) is 13.0. The fourth-order valence-corrected chi connectivity index (χ4v) is 8.99. The van der Waals surface area contributed by atoms with Crippen molar-refractivity contribution >= 4 is 0 Å². The monoisotopic (exact) mass is 846 g/mol. The van der Waals surface area contributed by atoms with Crippen LogP contribution in [0.1, 0.15) is 33.4 Å². The van der Waals surface area contributed by atoms with Gasteiger partial charge in [0.05, 0.1) is 0 Å². The first kappa shape index (κ1) is 42.2. The van der Waals surface area contributed by atoms with Crippen LogP contribution in [0, 0.1) is 41.5 Å². The summed E-state index contributed by atoms with van der Waals surface area (Å²) < 4.78 is 0. The minimum absolute atomic E-state index is 1.17. The highest BCUT2D eigenvalue weighted by Gasteiger charge is 2.16. The molecule has 0 bridgehead atoms. The van der Waals surface area contributed by atoms with Crippen molar-refractivity contribution in [2.75, 3.05) is 0 Å². The second-order valence-electron chi connectivity index (χ2n) is 18.4. The van der Waals surface area contributed by atoms with E-state index in [1.54, 1.807) is 0 Å². The molecule has 318 valence electrons. The molecule has 0 atom stereocenters. The van der Waals surface area contributed by atoms with Crippen molar-refractivity contribution in [2.24, 2.45) is 0 Å². The van der Waals surface area contributed by atoms with E-state index in [2.05, 4.69) is 260 Å². The summed E-state index contributed by atoms with van der Waals surface area (Å²) in [4.78, 5) is 0. The molecule has 0 nitrogen and oxygen atoms in total. The molecule has 0 aromatic heterocycles. The minimum Gasteiger partial charge on any atom is -0.0587 e. The molecule has 0 N–H and O–H groups in total. The molecular formula is C66H54. The molecule has 0 unspecified atom stereocenters. The van der Waals surface area contributed by atoms with E-state index in [4.69, 9.17) is 0 Å². The molecule has 0 aliphatic rings. The lowest BCUT2D eigenvalue weighted by Gasteiger charge is -2.17. The molecular weight excluding hydrogens is 793 g/mol. The Kier molecular flexibility index (Phi) is 11.5. The first-order chi connectivity index (χ1) is 32.1. The average Bonchev–Trinajstić information content (AvgIpc) is 3.35. The van der Waals surface area contributed by atoms with E-state index in [0.717, 1.165) is 0 Å². The summed E-state index contributed by atoms with van der Waals surface area (Å²) in [6.45, 7) is 12.9. The molecule has 0 aliphatic carbocycles. The van der Waals surface area contributed by atoms with Gasteiger partial charge in [-0.05, 0) is 214 Å².